The monoisotopic (exact) mass is 263 g/mol. The Labute approximate surface area is 113 Å². The molecule has 0 spiro atoms. The summed E-state index contributed by atoms with van der Waals surface area (Å²) in [5.41, 5.74) is 13.0. The first-order chi connectivity index (χ1) is 9.10. The van der Waals surface area contributed by atoms with Crippen molar-refractivity contribution in [1.82, 2.24) is 4.90 Å². The molecule has 1 amide bonds. The summed E-state index contributed by atoms with van der Waals surface area (Å²) in [6.45, 7) is 4.16. The van der Waals surface area contributed by atoms with Crippen molar-refractivity contribution in [1.29, 1.82) is 0 Å². The zero-order chi connectivity index (χ0) is 13.8. The molecule has 1 aliphatic heterocycles. The van der Waals surface area contributed by atoms with Gasteiger partial charge in [-0.15, -0.1) is 0 Å². The molecular formula is C14H21N3O2. The first kappa shape index (κ1) is 13.7. The molecule has 1 aromatic carbocycles. The molecule has 0 atom stereocenters. The molecule has 1 aromatic rings. The van der Waals surface area contributed by atoms with E-state index in [1.54, 1.807) is 18.2 Å². The summed E-state index contributed by atoms with van der Waals surface area (Å²) < 4.78 is 5.58. The van der Waals surface area contributed by atoms with Crippen LogP contribution in [-0.4, -0.2) is 36.6 Å². The fourth-order valence-corrected chi connectivity index (χ4v) is 2.44. The van der Waals surface area contributed by atoms with E-state index in [0.717, 1.165) is 32.5 Å². The second-order valence-corrected chi connectivity index (χ2v) is 4.84. The zero-order valence-electron chi connectivity index (χ0n) is 11.3. The van der Waals surface area contributed by atoms with Crippen LogP contribution in [0.5, 0.6) is 0 Å². The van der Waals surface area contributed by atoms with Crippen molar-refractivity contribution in [2.75, 3.05) is 31.2 Å². The van der Waals surface area contributed by atoms with Crippen molar-refractivity contribution in [3.05, 3.63) is 23.8 Å². The van der Waals surface area contributed by atoms with Crippen LogP contribution in [0, 0.1) is 0 Å². The maximum Gasteiger partial charge on any atom is 0.254 e. The average molecular weight is 263 g/mol. The van der Waals surface area contributed by atoms with Crippen LogP contribution in [-0.2, 0) is 4.74 Å². The second-order valence-electron chi connectivity index (χ2n) is 4.84. The Morgan fingerprint density at radius 1 is 1.26 bits per heavy atom. The smallest absolute Gasteiger partial charge is 0.254 e. The molecule has 104 valence electrons. The van der Waals surface area contributed by atoms with E-state index < -0.39 is 0 Å². The molecule has 4 N–H and O–H groups in total. The lowest BCUT2D eigenvalue weighted by Gasteiger charge is -2.31. The molecule has 2 rings (SSSR count). The molecule has 1 aliphatic rings. The van der Waals surface area contributed by atoms with Crippen molar-refractivity contribution in [3.63, 3.8) is 0 Å². The number of anilines is 2. The molecule has 0 radical (unpaired) electrons. The van der Waals surface area contributed by atoms with Gasteiger partial charge in [0, 0.05) is 36.6 Å². The van der Waals surface area contributed by atoms with Crippen LogP contribution in [0.1, 0.15) is 30.1 Å². The molecule has 5 nitrogen and oxygen atoms in total. The minimum absolute atomic E-state index is 0.00560. The number of hydrogen-bond donors (Lipinski definition) is 2. The predicted molar refractivity (Wildman–Crippen MR) is 75.8 cm³/mol. The molecule has 1 saturated heterocycles. The van der Waals surface area contributed by atoms with Crippen LogP contribution >= 0.6 is 0 Å². The number of nitrogen functional groups attached to an aromatic ring is 2. The molecule has 0 unspecified atom stereocenters. The van der Waals surface area contributed by atoms with Gasteiger partial charge in [0.1, 0.15) is 0 Å². The van der Waals surface area contributed by atoms with E-state index in [1.807, 2.05) is 11.8 Å². The van der Waals surface area contributed by atoms with Crippen LogP contribution in [0.2, 0.25) is 0 Å². The predicted octanol–water partition coefficient (Wildman–Crippen LogP) is 1.49. The Balaban J connectivity index is 2.01. The number of piperidine rings is 1. The lowest BCUT2D eigenvalue weighted by Crippen LogP contribution is -2.40. The van der Waals surface area contributed by atoms with Gasteiger partial charge in [0.05, 0.1) is 6.10 Å². The SMILES string of the molecule is CCOC1CCN(C(=O)c2cc(N)cc(N)c2)CC1. The van der Waals surface area contributed by atoms with Crippen molar-refractivity contribution in [2.24, 2.45) is 0 Å². The van der Waals surface area contributed by atoms with E-state index >= 15 is 0 Å². The molecule has 0 bridgehead atoms. The summed E-state index contributed by atoms with van der Waals surface area (Å²) in [5, 5.41) is 0. The van der Waals surface area contributed by atoms with E-state index in [2.05, 4.69) is 0 Å². The number of carbonyl (C=O) groups excluding carboxylic acids is 1. The fraction of sp³-hybridized carbons (Fsp3) is 0.500. The Kier molecular flexibility index (Phi) is 4.27. The van der Waals surface area contributed by atoms with E-state index in [0.29, 0.717) is 16.9 Å². The van der Waals surface area contributed by atoms with Crippen LogP contribution in [0.15, 0.2) is 18.2 Å². The Bertz CT molecular complexity index is 434. The van der Waals surface area contributed by atoms with Gasteiger partial charge in [-0.05, 0) is 38.0 Å². The van der Waals surface area contributed by atoms with Crippen LogP contribution in [0.3, 0.4) is 0 Å². The quantitative estimate of drug-likeness (QED) is 0.810. The molecule has 0 saturated carbocycles. The van der Waals surface area contributed by atoms with Gasteiger partial charge in [-0.1, -0.05) is 0 Å². The van der Waals surface area contributed by atoms with Crippen LogP contribution < -0.4 is 11.5 Å². The summed E-state index contributed by atoms with van der Waals surface area (Å²) in [5.74, 6) is -0.00560. The van der Waals surface area contributed by atoms with Gasteiger partial charge in [-0.2, -0.15) is 0 Å². The van der Waals surface area contributed by atoms with Crippen LogP contribution in [0.25, 0.3) is 0 Å². The number of nitrogens with two attached hydrogens (primary N) is 2. The molecule has 1 heterocycles. The highest BCUT2D eigenvalue weighted by Crippen LogP contribution is 2.19. The number of nitrogens with zero attached hydrogens (tertiary/aromatic N) is 1. The van der Waals surface area contributed by atoms with Crippen molar-refractivity contribution < 1.29 is 9.53 Å². The highest BCUT2D eigenvalue weighted by Gasteiger charge is 2.24. The van der Waals surface area contributed by atoms with Crippen molar-refractivity contribution in [3.8, 4) is 0 Å². The molecule has 1 fully saturated rings. The maximum absolute atomic E-state index is 12.3. The van der Waals surface area contributed by atoms with Gasteiger partial charge in [0.15, 0.2) is 0 Å². The number of benzene rings is 1. The number of likely N-dealkylation sites (tertiary alicyclic amines) is 1. The minimum atomic E-state index is -0.00560. The zero-order valence-corrected chi connectivity index (χ0v) is 11.3. The first-order valence-electron chi connectivity index (χ1n) is 6.67. The first-order valence-corrected chi connectivity index (χ1v) is 6.67. The summed E-state index contributed by atoms with van der Waals surface area (Å²) >= 11 is 0. The number of carbonyl (C=O) groups is 1. The highest BCUT2D eigenvalue weighted by atomic mass is 16.5. The maximum atomic E-state index is 12.3. The van der Waals surface area contributed by atoms with E-state index in [-0.39, 0.29) is 12.0 Å². The van der Waals surface area contributed by atoms with Gasteiger partial charge >= 0.3 is 0 Å². The van der Waals surface area contributed by atoms with Crippen LogP contribution in [0.4, 0.5) is 11.4 Å². The largest absolute Gasteiger partial charge is 0.399 e. The van der Waals surface area contributed by atoms with Gasteiger partial charge in [0.25, 0.3) is 5.91 Å². The molecular weight excluding hydrogens is 242 g/mol. The van der Waals surface area contributed by atoms with E-state index in [1.165, 1.54) is 0 Å². The number of rotatable bonds is 3. The van der Waals surface area contributed by atoms with E-state index in [4.69, 9.17) is 16.2 Å². The van der Waals surface area contributed by atoms with Gasteiger partial charge in [0.2, 0.25) is 0 Å². The molecule has 0 aliphatic carbocycles. The standard InChI is InChI=1S/C14H21N3O2/c1-2-19-13-3-5-17(6-4-13)14(18)10-7-11(15)9-12(16)8-10/h7-9,13H,2-6,15-16H2,1H3. The molecule has 0 aromatic heterocycles. The fourth-order valence-electron chi connectivity index (χ4n) is 2.44. The third-order valence-electron chi connectivity index (χ3n) is 3.36. The Morgan fingerprint density at radius 3 is 2.37 bits per heavy atom. The third-order valence-corrected chi connectivity index (χ3v) is 3.36. The van der Waals surface area contributed by atoms with Gasteiger partial charge in [-0.3, -0.25) is 4.79 Å². The van der Waals surface area contributed by atoms with E-state index in [9.17, 15) is 4.79 Å². The number of ether oxygens (including phenoxy) is 1. The number of amides is 1. The normalized spacial score (nSPS) is 16.6. The van der Waals surface area contributed by atoms with Crippen molar-refractivity contribution >= 4 is 17.3 Å². The minimum Gasteiger partial charge on any atom is -0.399 e. The Morgan fingerprint density at radius 2 is 1.84 bits per heavy atom. The summed E-state index contributed by atoms with van der Waals surface area (Å²) in [6.07, 6.45) is 2.05. The van der Waals surface area contributed by atoms with Gasteiger partial charge < -0.3 is 21.1 Å². The third kappa shape index (κ3) is 3.38. The Hall–Kier alpha value is -1.75. The lowest BCUT2D eigenvalue weighted by molar-refractivity contribution is 0.0146. The summed E-state index contributed by atoms with van der Waals surface area (Å²) in [4.78, 5) is 14.2. The summed E-state index contributed by atoms with van der Waals surface area (Å²) in [6, 6.07) is 5.00. The second kappa shape index (κ2) is 5.93. The van der Waals surface area contributed by atoms with Crippen molar-refractivity contribution in [2.45, 2.75) is 25.9 Å². The molecule has 5 heteroatoms. The topological polar surface area (TPSA) is 81.6 Å². The molecule has 19 heavy (non-hydrogen) atoms. The average Bonchev–Trinajstić information content (AvgIpc) is 2.38. The van der Waals surface area contributed by atoms with Gasteiger partial charge in [-0.25, -0.2) is 0 Å². The number of hydrogen-bond acceptors (Lipinski definition) is 4. The highest BCUT2D eigenvalue weighted by molar-refractivity contribution is 5.96. The summed E-state index contributed by atoms with van der Waals surface area (Å²) in [7, 11) is 0. The lowest BCUT2D eigenvalue weighted by atomic mass is 10.1.